The Morgan fingerprint density at radius 1 is 0.344 bits per heavy atom. The van der Waals surface area contributed by atoms with Gasteiger partial charge in [-0.25, -0.2) is 4.79 Å². The van der Waals surface area contributed by atoms with Crippen LogP contribution in [0.5, 0.6) is 0 Å². The molecule has 0 amide bonds. The van der Waals surface area contributed by atoms with Crippen molar-refractivity contribution in [1.29, 1.82) is 0 Å². The Bertz CT molecular complexity index is 1760. The third kappa shape index (κ3) is 71.9. The zero-order chi connectivity index (χ0) is 65.4. The molecule has 0 aliphatic rings. The van der Waals surface area contributed by atoms with Crippen LogP contribution >= 0.6 is 0 Å². The van der Waals surface area contributed by atoms with Crippen molar-refractivity contribution >= 4 is 17.9 Å². The highest BCUT2D eigenvalue weighted by Crippen LogP contribution is 2.19. The van der Waals surface area contributed by atoms with Gasteiger partial charge in [0.05, 0.1) is 34.4 Å². The summed E-state index contributed by atoms with van der Waals surface area (Å²) in [5, 5.41) is 9.76. The van der Waals surface area contributed by atoms with Gasteiger partial charge in [-0.15, -0.1) is 0 Å². The van der Waals surface area contributed by atoms with Gasteiger partial charge >= 0.3 is 17.9 Å². The van der Waals surface area contributed by atoms with E-state index in [2.05, 4.69) is 98.9 Å². The zero-order valence-electron chi connectivity index (χ0n) is 59.8. The minimum Gasteiger partial charge on any atom is -0.477 e. The molecule has 0 spiro atoms. The molecule has 9 heteroatoms. The van der Waals surface area contributed by atoms with Crippen molar-refractivity contribution in [1.82, 2.24) is 0 Å². The van der Waals surface area contributed by atoms with E-state index in [0.717, 1.165) is 83.5 Å². The van der Waals surface area contributed by atoms with Gasteiger partial charge in [-0.05, 0) is 70.6 Å². The predicted octanol–water partition coefficient (Wildman–Crippen LogP) is 24.2. The number of allylic oxidation sites excluding steroid dienone is 14. The van der Waals surface area contributed by atoms with Crippen LogP contribution in [0.15, 0.2) is 85.1 Å². The Kier molecular flexibility index (Phi) is 68.5. The number of rotatable bonds is 71. The molecule has 90 heavy (non-hydrogen) atoms. The Hall–Kier alpha value is -3.53. The maximum atomic E-state index is 13.0. The van der Waals surface area contributed by atoms with E-state index < -0.39 is 18.4 Å². The van der Waals surface area contributed by atoms with Gasteiger partial charge in [0.1, 0.15) is 13.2 Å². The number of carboxylic acid groups (broad SMARTS) is 1. The number of hydrogen-bond donors (Lipinski definition) is 1. The number of carbonyl (C=O) groups excluding carboxylic acids is 2. The molecule has 9 nitrogen and oxygen atoms in total. The van der Waals surface area contributed by atoms with E-state index in [9.17, 15) is 19.5 Å². The van der Waals surface area contributed by atoms with E-state index in [-0.39, 0.29) is 38.2 Å². The number of ether oxygens (including phenoxy) is 4. The predicted molar refractivity (Wildman–Crippen MR) is 387 cm³/mol. The average molecular weight is 1260 g/mol. The molecule has 0 aromatic carbocycles. The number of likely N-dealkylation sites (N-methyl/N-ethyl adjacent to an activating group) is 1. The van der Waals surface area contributed by atoms with Gasteiger partial charge in [0.2, 0.25) is 0 Å². The molecule has 2 atom stereocenters. The van der Waals surface area contributed by atoms with Crippen LogP contribution in [0.3, 0.4) is 0 Å². The molecule has 522 valence electrons. The van der Waals surface area contributed by atoms with Crippen LogP contribution in [0.25, 0.3) is 0 Å². The monoisotopic (exact) mass is 1260 g/mol. The molecule has 0 fully saturated rings. The molecule has 2 unspecified atom stereocenters. The molecular weight excluding hydrogens is 1110 g/mol. The van der Waals surface area contributed by atoms with Gasteiger partial charge in [0.15, 0.2) is 6.10 Å². The minimum absolute atomic E-state index is 0.178. The van der Waals surface area contributed by atoms with E-state index >= 15 is 0 Å². The molecule has 0 radical (unpaired) electrons. The highest BCUT2D eigenvalue weighted by atomic mass is 16.7. The molecule has 0 heterocycles. The summed E-state index contributed by atoms with van der Waals surface area (Å²) >= 11 is 0. The number of aliphatic carboxylic acids is 1. The number of carbonyl (C=O) groups is 3. The largest absolute Gasteiger partial charge is 0.477 e. The van der Waals surface area contributed by atoms with E-state index in [4.69, 9.17) is 18.9 Å². The highest BCUT2D eigenvalue weighted by molar-refractivity contribution is 5.71. The lowest BCUT2D eigenvalue weighted by molar-refractivity contribution is -0.870. The average Bonchev–Trinajstić information content (AvgIpc) is 3.73. The van der Waals surface area contributed by atoms with Crippen LogP contribution in [0.1, 0.15) is 354 Å². The summed E-state index contributed by atoms with van der Waals surface area (Å²) < 4.78 is 23.0. The lowest BCUT2D eigenvalue weighted by Gasteiger charge is -2.25. The molecule has 0 aromatic rings. The zero-order valence-corrected chi connectivity index (χ0v) is 59.8. The molecule has 0 aromatic heterocycles. The van der Waals surface area contributed by atoms with Crippen LogP contribution in [-0.2, 0) is 33.3 Å². The number of carboxylic acids is 1. The fourth-order valence-corrected chi connectivity index (χ4v) is 11.1. The second-order valence-electron chi connectivity index (χ2n) is 26.9. The summed E-state index contributed by atoms with van der Waals surface area (Å²) in [7, 11) is 5.99. The quantitative estimate of drug-likeness (QED) is 0.0211. The van der Waals surface area contributed by atoms with E-state index in [0.29, 0.717) is 17.4 Å². The van der Waals surface area contributed by atoms with Crippen LogP contribution in [-0.4, -0.2) is 87.4 Å². The van der Waals surface area contributed by atoms with Crippen molar-refractivity contribution in [2.75, 3.05) is 47.5 Å². The Labute approximate surface area is 557 Å². The smallest absolute Gasteiger partial charge is 0.361 e. The van der Waals surface area contributed by atoms with Gasteiger partial charge < -0.3 is 28.5 Å². The van der Waals surface area contributed by atoms with Gasteiger partial charge in [-0.1, -0.05) is 356 Å². The van der Waals surface area contributed by atoms with E-state index in [1.165, 1.54) is 244 Å². The summed E-state index contributed by atoms with van der Waals surface area (Å²) in [5.41, 5.74) is 0. The second kappa shape index (κ2) is 71.3. The molecule has 0 aliphatic carbocycles. The normalized spacial score (nSPS) is 13.1. The fraction of sp³-hybridized carbons (Fsp3) is 0.790. The standard InChI is InChI=1S/C81H145NO8/c1-6-8-10-12-14-16-18-20-22-24-26-28-30-32-33-34-35-36-37-38-39-40-41-42-43-44-45-46-47-48-50-52-54-56-58-60-62-64-66-68-70-72-79(84)90-77(76-89-81(80(85)86)87-74-73-82(3,4)5)75-88-78(83)71-69-67-65-63-61-59-57-55-53-51-49-31-29-27-25-23-21-19-17-15-13-11-9-7-2/h8,10,14,16,20,22,26,28,32-33,35-36,38-39,77,81H,6-7,9,11-13,15,17-19,21,23-25,27,29-31,34,37,40-76H2,1-5H3/p+1/b10-8-,16-14-,22-20-,28-26-,33-32-,36-35-,39-38-. The van der Waals surface area contributed by atoms with Gasteiger partial charge in [0, 0.05) is 12.8 Å². The molecule has 0 rings (SSSR count). The van der Waals surface area contributed by atoms with Crippen molar-refractivity contribution in [3.05, 3.63) is 85.1 Å². The van der Waals surface area contributed by atoms with E-state index in [1.54, 1.807) is 0 Å². The molecular formula is C81H146NO8+. The van der Waals surface area contributed by atoms with Gasteiger partial charge in [-0.3, -0.25) is 9.59 Å². The summed E-state index contributed by atoms with van der Waals surface area (Å²) in [6, 6.07) is 0. The number of esters is 2. The van der Waals surface area contributed by atoms with Crippen molar-refractivity contribution in [2.24, 2.45) is 0 Å². The molecule has 0 saturated carbocycles. The van der Waals surface area contributed by atoms with Crippen molar-refractivity contribution in [3.8, 4) is 0 Å². The van der Waals surface area contributed by atoms with Gasteiger partial charge in [0.25, 0.3) is 6.29 Å². The summed E-state index contributed by atoms with van der Waals surface area (Å²) in [6.07, 6.45) is 94.4. The van der Waals surface area contributed by atoms with Crippen molar-refractivity contribution in [3.63, 3.8) is 0 Å². The summed E-state index contributed by atoms with van der Waals surface area (Å²) in [5.74, 6) is -1.98. The molecule has 0 saturated heterocycles. The van der Waals surface area contributed by atoms with Crippen LogP contribution in [0.2, 0.25) is 0 Å². The second-order valence-corrected chi connectivity index (χ2v) is 26.9. The highest BCUT2D eigenvalue weighted by Gasteiger charge is 2.25. The lowest BCUT2D eigenvalue weighted by atomic mass is 10.0. The maximum Gasteiger partial charge on any atom is 0.361 e. The Morgan fingerprint density at radius 2 is 0.633 bits per heavy atom. The third-order valence-electron chi connectivity index (χ3n) is 16.9. The topological polar surface area (TPSA) is 108 Å². The number of hydrogen-bond acceptors (Lipinski definition) is 7. The maximum absolute atomic E-state index is 13.0. The lowest BCUT2D eigenvalue weighted by Crippen LogP contribution is -2.40. The Balaban J connectivity index is 4.00. The fourth-order valence-electron chi connectivity index (χ4n) is 11.1. The first-order valence-electron chi connectivity index (χ1n) is 38.3. The first-order chi connectivity index (χ1) is 44.1. The molecule has 0 bridgehead atoms. The minimum atomic E-state index is -1.51. The Morgan fingerprint density at radius 3 is 0.944 bits per heavy atom. The van der Waals surface area contributed by atoms with Crippen LogP contribution < -0.4 is 0 Å². The molecule has 1 N–H and O–H groups in total. The van der Waals surface area contributed by atoms with Crippen molar-refractivity contribution in [2.45, 2.75) is 367 Å². The summed E-state index contributed by atoms with van der Waals surface area (Å²) in [4.78, 5) is 37.7. The van der Waals surface area contributed by atoms with Crippen LogP contribution in [0.4, 0.5) is 0 Å². The van der Waals surface area contributed by atoms with E-state index in [1.807, 2.05) is 21.1 Å². The number of quaternary nitrogens is 1. The van der Waals surface area contributed by atoms with Gasteiger partial charge in [-0.2, -0.15) is 0 Å². The summed E-state index contributed by atoms with van der Waals surface area (Å²) in [6.45, 7) is 4.82. The van der Waals surface area contributed by atoms with Crippen molar-refractivity contribution < 1.29 is 42.9 Å². The number of nitrogens with zero attached hydrogens (tertiary/aromatic N) is 1. The number of unbranched alkanes of at least 4 members (excludes halogenated alkanes) is 42. The molecule has 0 aliphatic heterocycles. The SMILES string of the molecule is CC/C=C\C/C=C\C/C=C\C/C=C\C/C=C\C/C=C\C/C=C\CCCCCCCCCCCCCCCCCCCCCC(=O)OC(COC(=O)CCCCCCCCCCCCCCCCCCCCCCCCCC)COC(OCC[N+](C)(C)C)C(=O)O. The third-order valence-corrected chi connectivity index (χ3v) is 16.9. The van der Waals surface area contributed by atoms with Crippen LogP contribution in [0, 0.1) is 0 Å². The first kappa shape index (κ1) is 86.5. The first-order valence-corrected chi connectivity index (χ1v) is 38.3.